The zero-order valence-corrected chi connectivity index (χ0v) is 10.9. The van der Waals surface area contributed by atoms with E-state index >= 15 is 0 Å². The minimum Gasteiger partial charge on any atom is -0.387 e. The fourth-order valence-electron chi connectivity index (χ4n) is 2.34. The zero-order chi connectivity index (χ0) is 13.8. The number of rotatable bonds is 5. The van der Waals surface area contributed by atoms with Crippen molar-refractivity contribution >= 4 is 0 Å². The molecule has 106 valence electrons. The van der Waals surface area contributed by atoms with Gasteiger partial charge < -0.3 is 15.2 Å². The molecule has 0 amide bonds. The van der Waals surface area contributed by atoms with Gasteiger partial charge in [0.1, 0.15) is 11.6 Å². The number of aliphatic hydroxyl groups excluding tert-OH is 1. The predicted molar refractivity (Wildman–Crippen MR) is 67.7 cm³/mol. The van der Waals surface area contributed by atoms with Gasteiger partial charge in [0.15, 0.2) is 0 Å². The van der Waals surface area contributed by atoms with E-state index in [1.54, 1.807) is 0 Å². The molecule has 1 heterocycles. The third kappa shape index (κ3) is 3.49. The number of halogens is 2. The van der Waals surface area contributed by atoms with Gasteiger partial charge in [-0.3, -0.25) is 0 Å². The summed E-state index contributed by atoms with van der Waals surface area (Å²) in [6.07, 6.45) is -0.218. The van der Waals surface area contributed by atoms with E-state index in [9.17, 15) is 13.9 Å². The molecule has 5 heteroatoms. The minimum atomic E-state index is -1.19. The van der Waals surface area contributed by atoms with Crippen LogP contribution in [0.25, 0.3) is 0 Å². The van der Waals surface area contributed by atoms with Crippen molar-refractivity contribution in [2.24, 2.45) is 5.92 Å². The summed E-state index contributed by atoms with van der Waals surface area (Å²) in [6, 6.07) is 3.73. The molecule has 2 N–H and O–H groups in total. The lowest BCUT2D eigenvalue weighted by Crippen LogP contribution is -2.36. The number of benzene rings is 1. The molecule has 1 aromatic rings. The number of hydrogen-bond acceptors (Lipinski definition) is 3. The van der Waals surface area contributed by atoms with Crippen molar-refractivity contribution in [1.82, 2.24) is 5.32 Å². The quantitative estimate of drug-likeness (QED) is 0.861. The molecule has 3 atom stereocenters. The van der Waals surface area contributed by atoms with Crippen molar-refractivity contribution in [3.05, 3.63) is 35.4 Å². The largest absolute Gasteiger partial charge is 0.387 e. The maximum absolute atomic E-state index is 13.5. The number of aliphatic hydroxyl groups is 1. The molecule has 1 aliphatic heterocycles. The maximum atomic E-state index is 13.5. The highest BCUT2D eigenvalue weighted by atomic mass is 19.1. The van der Waals surface area contributed by atoms with Gasteiger partial charge in [-0.1, -0.05) is 6.07 Å². The predicted octanol–water partition coefficient (Wildman–Crippen LogP) is 2.01. The highest BCUT2D eigenvalue weighted by Crippen LogP contribution is 2.21. The van der Waals surface area contributed by atoms with Crippen LogP contribution in [0.3, 0.4) is 0 Å². The standard InChI is InChI=1S/C14H19F2NO2/c1-9(10-5-6-19-8-10)17-7-13(18)14-11(15)3-2-4-12(14)16/h2-4,9-10,13,17-18H,5-8H2,1H3. The topological polar surface area (TPSA) is 41.5 Å². The van der Waals surface area contributed by atoms with Gasteiger partial charge in [0.25, 0.3) is 0 Å². The first-order valence-corrected chi connectivity index (χ1v) is 6.52. The SMILES string of the molecule is CC(NCC(O)c1c(F)cccc1F)C1CCOC1. The van der Waals surface area contributed by atoms with Crippen LogP contribution in [0, 0.1) is 17.6 Å². The van der Waals surface area contributed by atoms with Crippen molar-refractivity contribution in [2.75, 3.05) is 19.8 Å². The molecule has 1 aromatic carbocycles. The molecule has 3 unspecified atom stereocenters. The Hall–Kier alpha value is -1.04. The maximum Gasteiger partial charge on any atom is 0.131 e. The molecule has 0 radical (unpaired) electrons. The van der Waals surface area contributed by atoms with E-state index < -0.39 is 17.7 Å². The highest BCUT2D eigenvalue weighted by Gasteiger charge is 2.24. The van der Waals surface area contributed by atoms with Gasteiger partial charge in [-0.25, -0.2) is 8.78 Å². The molecular formula is C14H19F2NO2. The fourth-order valence-corrected chi connectivity index (χ4v) is 2.34. The molecule has 19 heavy (non-hydrogen) atoms. The van der Waals surface area contributed by atoms with Crippen molar-refractivity contribution in [2.45, 2.75) is 25.5 Å². The average molecular weight is 271 g/mol. The first-order chi connectivity index (χ1) is 9.09. The summed E-state index contributed by atoms with van der Waals surface area (Å²) >= 11 is 0. The first kappa shape index (κ1) is 14.4. The molecule has 0 saturated carbocycles. The summed E-state index contributed by atoms with van der Waals surface area (Å²) in [6.45, 7) is 3.55. The van der Waals surface area contributed by atoms with Gasteiger partial charge >= 0.3 is 0 Å². The van der Waals surface area contributed by atoms with E-state index in [1.807, 2.05) is 6.92 Å². The van der Waals surface area contributed by atoms with Crippen molar-refractivity contribution in [3.8, 4) is 0 Å². The Labute approximate surface area is 111 Å². The van der Waals surface area contributed by atoms with Crippen LogP contribution < -0.4 is 5.32 Å². The van der Waals surface area contributed by atoms with Gasteiger partial charge in [-0.05, 0) is 31.4 Å². The van der Waals surface area contributed by atoms with Crippen LogP contribution in [0.2, 0.25) is 0 Å². The lowest BCUT2D eigenvalue weighted by atomic mass is 10.00. The summed E-state index contributed by atoms with van der Waals surface area (Å²) in [4.78, 5) is 0. The Morgan fingerprint density at radius 1 is 1.42 bits per heavy atom. The van der Waals surface area contributed by atoms with Crippen molar-refractivity contribution in [3.63, 3.8) is 0 Å². The second kappa shape index (κ2) is 6.41. The van der Waals surface area contributed by atoms with Crippen LogP contribution in [0.4, 0.5) is 8.78 Å². The molecule has 1 fully saturated rings. The fraction of sp³-hybridized carbons (Fsp3) is 0.571. The molecule has 0 bridgehead atoms. The Balaban J connectivity index is 1.91. The summed E-state index contributed by atoms with van der Waals surface area (Å²) in [7, 11) is 0. The number of hydrogen-bond donors (Lipinski definition) is 2. The van der Waals surface area contributed by atoms with E-state index in [2.05, 4.69) is 5.32 Å². The second-order valence-corrected chi connectivity index (χ2v) is 4.97. The van der Waals surface area contributed by atoms with Gasteiger partial charge in [0.2, 0.25) is 0 Å². The molecule has 0 aliphatic carbocycles. The van der Waals surface area contributed by atoms with E-state index in [1.165, 1.54) is 6.07 Å². The van der Waals surface area contributed by atoms with E-state index in [-0.39, 0.29) is 18.2 Å². The third-order valence-corrected chi connectivity index (χ3v) is 3.64. The van der Waals surface area contributed by atoms with Crippen LogP contribution in [0.15, 0.2) is 18.2 Å². The van der Waals surface area contributed by atoms with Gasteiger partial charge in [-0.15, -0.1) is 0 Å². The molecule has 3 nitrogen and oxygen atoms in total. The highest BCUT2D eigenvalue weighted by molar-refractivity contribution is 5.22. The van der Waals surface area contributed by atoms with Crippen LogP contribution >= 0.6 is 0 Å². The monoisotopic (exact) mass is 271 g/mol. The Kier molecular flexibility index (Phi) is 4.85. The Bertz CT molecular complexity index is 402. The smallest absolute Gasteiger partial charge is 0.131 e. The number of nitrogens with one attached hydrogen (secondary N) is 1. The first-order valence-electron chi connectivity index (χ1n) is 6.52. The second-order valence-electron chi connectivity index (χ2n) is 4.97. The lowest BCUT2D eigenvalue weighted by Gasteiger charge is -2.21. The van der Waals surface area contributed by atoms with Crippen LogP contribution in [-0.4, -0.2) is 30.9 Å². The van der Waals surface area contributed by atoms with Gasteiger partial charge in [-0.2, -0.15) is 0 Å². The third-order valence-electron chi connectivity index (χ3n) is 3.64. The average Bonchev–Trinajstić information content (AvgIpc) is 2.89. The molecule has 0 spiro atoms. The van der Waals surface area contributed by atoms with E-state index in [4.69, 9.17) is 4.74 Å². The summed E-state index contributed by atoms with van der Waals surface area (Å²) in [5.74, 6) is -1.05. The van der Waals surface area contributed by atoms with Crippen LogP contribution in [0.1, 0.15) is 25.0 Å². The zero-order valence-electron chi connectivity index (χ0n) is 10.9. The summed E-state index contributed by atoms with van der Waals surface area (Å²) in [5, 5.41) is 13.0. The van der Waals surface area contributed by atoms with E-state index in [0.717, 1.165) is 25.2 Å². The lowest BCUT2D eigenvalue weighted by molar-refractivity contribution is 0.149. The van der Waals surface area contributed by atoms with Crippen molar-refractivity contribution in [1.29, 1.82) is 0 Å². The molecule has 2 rings (SSSR count). The normalized spacial score (nSPS) is 22.4. The number of ether oxygens (including phenoxy) is 1. The van der Waals surface area contributed by atoms with Crippen molar-refractivity contribution < 1.29 is 18.6 Å². The Morgan fingerprint density at radius 3 is 2.68 bits per heavy atom. The van der Waals surface area contributed by atoms with Crippen LogP contribution in [-0.2, 0) is 4.74 Å². The Morgan fingerprint density at radius 2 is 2.11 bits per heavy atom. The molecular weight excluding hydrogens is 252 g/mol. The summed E-state index contributed by atoms with van der Waals surface area (Å²) in [5.41, 5.74) is -0.273. The summed E-state index contributed by atoms with van der Waals surface area (Å²) < 4.78 is 32.2. The van der Waals surface area contributed by atoms with Gasteiger partial charge in [0, 0.05) is 19.2 Å². The van der Waals surface area contributed by atoms with E-state index in [0.29, 0.717) is 12.5 Å². The molecule has 1 saturated heterocycles. The molecule has 0 aromatic heterocycles. The minimum absolute atomic E-state index is 0.121. The molecule has 1 aliphatic rings. The van der Waals surface area contributed by atoms with Gasteiger partial charge in [0.05, 0.1) is 18.3 Å². The van der Waals surface area contributed by atoms with Crippen LogP contribution in [0.5, 0.6) is 0 Å².